The summed E-state index contributed by atoms with van der Waals surface area (Å²) in [7, 11) is 2.06. The monoisotopic (exact) mass is 383 g/mol. The number of likely N-dealkylation sites (tertiary alicyclic amines) is 1. The summed E-state index contributed by atoms with van der Waals surface area (Å²) >= 11 is 0. The van der Waals surface area contributed by atoms with Gasteiger partial charge in [0.2, 0.25) is 0 Å². The number of halogens is 1. The van der Waals surface area contributed by atoms with Crippen LogP contribution in [0.1, 0.15) is 18.4 Å². The molecule has 6 heteroatoms. The number of aromatic nitrogens is 3. The summed E-state index contributed by atoms with van der Waals surface area (Å²) < 4.78 is 1.98. The highest BCUT2D eigenvalue weighted by Gasteiger charge is 2.21. The Hall–Kier alpha value is -2.21. The number of benzene rings is 1. The van der Waals surface area contributed by atoms with Crippen LogP contribution in [0.15, 0.2) is 61.1 Å². The predicted octanol–water partition coefficient (Wildman–Crippen LogP) is 3.54. The van der Waals surface area contributed by atoms with E-state index in [1.807, 2.05) is 35.1 Å². The zero-order valence-electron chi connectivity index (χ0n) is 15.6. The molecule has 0 aliphatic carbocycles. The molecule has 0 saturated carbocycles. The van der Waals surface area contributed by atoms with Crippen molar-refractivity contribution in [1.29, 1.82) is 0 Å². The second-order valence-corrected chi connectivity index (χ2v) is 6.89. The van der Waals surface area contributed by atoms with Crippen LogP contribution in [0.3, 0.4) is 0 Å². The Balaban J connectivity index is 0.00000210. The first-order valence-corrected chi connectivity index (χ1v) is 9.27. The molecular formula is C21H26ClN5. The van der Waals surface area contributed by atoms with Gasteiger partial charge < -0.3 is 5.32 Å². The Bertz CT molecular complexity index is 834. The third kappa shape index (κ3) is 4.56. The lowest BCUT2D eigenvalue weighted by molar-refractivity contribution is 0.188. The van der Waals surface area contributed by atoms with Crippen LogP contribution >= 0.6 is 12.4 Å². The number of hydrogen-bond donors (Lipinski definition) is 1. The van der Waals surface area contributed by atoms with Crippen molar-refractivity contribution in [3.8, 4) is 16.9 Å². The summed E-state index contributed by atoms with van der Waals surface area (Å²) in [6, 6.07) is 14.9. The Morgan fingerprint density at radius 3 is 2.74 bits per heavy atom. The van der Waals surface area contributed by atoms with Crippen LogP contribution in [0.2, 0.25) is 0 Å². The minimum Gasteiger partial charge on any atom is -0.316 e. The summed E-state index contributed by atoms with van der Waals surface area (Å²) in [6.45, 7) is 3.13. The van der Waals surface area contributed by atoms with Crippen molar-refractivity contribution < 1.29 is 0 Å². The van der Waals surface area contributed by atoms with Gasteiger partial charge in [0.1, 0.15) is 0 Å². The second kappa shape index (κ2) is 9.13. The maximum atomic E-state index is 4.89. The van der Waals surface area contributed by atoms with Crippen LogP contribution in [-0.4, -0.2) is 45.8 Å². The highest BCUT2D eigenvalue weighted by atomic mass is 35.5. The van der Waals surface area contributed by atoms with Gasteiger partial charge in [0.25, 0.3) is 0 Å². The van der Waals surface area contributed by atoms with Gasteiger partial charge in [0.15, 0.2) is 0 Å². The number of nitrogens with zero attached hydrogens (tertiary/aromatic N) is 4. The molecular weight excluding hydrogens is 358 g/mol. The highest BCUT2D eigenvalue weighted by Crippen LogP contribution is 2.25. The summed E-state index contributed by atoms with van der Waals surface area (Å²) in [5, 5.41) is 8.31. The Morgan fingerprint density at radius 2 is 2.00 bits per heavy atom. The van der Waals surface area contributed by atoms with Crippen molar-refractivity contribution in [2.45, 2.75) is 25.4 Å². The zero-order chi connectivity index (χ0) is 17.8. The molecule has 1 unspecified atom stereocenters. The van der Waals surface area contributed by atoms with E-state index in [4.69, 9.17) is 5.10 Å². The molecule has 1 N–H and O–H groups in total. The number of nitrogens with one attached hydrogen (secondary N) is 1. The maximum Gasteiger partial charge on any atom is 0.0988 e. The molecule has 1 aliphatic heterocycles. The Labute approximate surface area is 166 Å². The van der Waals surface area contributed by atoms with Gasteiger partial charge in [0, 0.05) is 48.8 Å². The van der Waals surface area contributed by atoms with Crippen molar-refractivity contribution in [3.63, 3.8) is 0 Å². The topological polar surface area (TPSA) is 46.0 Å². The van der Waals surface area contributed by atoms with E-state index in [0.717, 1.165) is 36.6 Å². The van der Waals surface area contributed by atoms with Crippen LogP contribution in [0.5, 0.6) is 0 Å². The van der Waals surface area contributed by atoms with E-state index >= 15 is 0 Å². The average Bonchev–Trinajstić information content (AvgIpc) is 3.13. The zero-order valence-corrected chi connectivity index (χ0v) is 16.4. The SMILES string of the molecule is CNC1CCCN(Cc2cn(-c3ccccc3)nc2-c2cccnc2)C1.Cl. The number of likely N-dealkylation sites (N-methyl/N-ethyl adjacent to an activating group) is 1. The van der Waals surface area contributed by atoms with Crippen molar-refractivity contribution >= 4 is 12.4 Å². The molecule has 4 rings (SSSR count). The van der Waals surface area contributed by atoms with Crippen LogP contribution < -0.4 is 5.32 Å². The molecule has 1 atom stereocenters. The first-order valence-electron chi connectivity index (χ1n) is 9.27. The van der Waals surface area contributed by atoms with Gasteiger partial charge in [-0.1, -0.05) is 18.2 Å². The summed E-state index contributed by atoms with van der Waals surface area (Å²) in [4.78, 5) is 6.81. The maximum absolute atomic E-state index is 4.89. The van der Waals surface area contributed by atoms with E-state index in [1.54, 1.807) is 6.20 Å². The molecule has 0 amide bonds. The molecule has 27 heavy (non-hydrogen) atoms. The van der Waals surface area contributed by atoms with Crippen molar-refractivity contribution in [2.75, 3.05) is 20.1 Å². The third-order valence-electron chi connectivity index (χ3n) is 5.05. The van der Waals surface area contributed by atoms with Crippen LogP contribution in [0, 0.1) is 0 Å². The summed E-state index contributed by atoms with van der Waals surface area (Å²) in [6.07, 6.45) is 8.36. The molecule has 0 bridgehead atoms. The predicted molar refractivity (Wildman–Crippen MR) is 111 cm³/mol. The molecule has 5 nitrogen and oxygen atoms in total. The first kappa shape index (κ1) is 19.5. The number of piperidine rings is 1. The highest BCUT2D eigenvalue weighted by molar-refractivity contribution is 5.85. The number of rotatable bonds is 5. The smallest absolute Gasteiger partial charge is 0.0988 e. The average molecular weight is 384 g/mol. The standard InChI is InChI=1S/C21H25N5.ClH/c1-22-19-8-6-12-25(16-19)14-18-15-26(20-9-3-2-4-10-20)24-21(18)17-7-5-11-23-13-17;/h2-5,7,9-11,13,15,19,22H,6,8,12,14,16H2,1H3;1H. The van der Waals surface area contributed by atoms with Gasteiger partial charge in [-0.3, -0.25) is 9.88 Å². The minimum absolute atomic E-state index is 0. The van der Waals surface area contributed by atoms with E-state index in [9.17, 15) is 0 Å². The largest absolute Gasteiger partial charge is 0.316 e. The molecule has 3 heterocycles. The van der Waals surface area contributed by atoms with Crippen LogP contribution in [-0.2, 0) is 6.54 Å². The van der Waals surface area contributed by atoms with Gasteiger partial charge in [-0.2, -0.15) is 5.10 Å². The fourth-order valence-electron chi connectivity index (χ4n) is 3.66. The lowest BCUT2D eigenvalue weighted by Gasteiger charge is -2.32. The third-order valence-corrected chi connectivity index (χ3v) is 5.05. The van der Waals surface area contributed by atoms with E-state index in [1.165, 1.54) is 18.4 Å². The molecule has 1 saturated heterocycles. The summed E-state index contributed by atoms with van der Waals surface area (Å²) in [5.74, 6) is 0. The molecule has 1 aromatic carbocycles. The Morgan fingerprint density at radius 1 is 1.15 bits per heavy atom. The fraction of sp³-hybridized carbons (Fsp3) is 0.333. The van der Waals surface area contributed by atoms with E-state index in [-0.39, 0.29) is 12.4 Å². The minimum atomic E-state index is 0. The van der Waals surface area contributed by atoms with Gasteiger partial charge >= 0.3 is 0 Å². The van der Waals surface area contributed by atoms with Gasteiger partial charge in [-0.15, -0.1) is 12.4 Å². The molecule has 1 fully saturated rings. The van der Waals surface area contributed by atoms with E-state index < -0.39 is 0 Å². The van der Waals surface area contributed by atoms with Gasteiger partial charge in [-0.25, -0.2) is 4.68 Å². The van der Waals surface area contributed by atoms with Crippen LogP contribution in [0.4, 0.5) is 0 Å². The quantitative estimate of drug-likeness (QED) is 0.732. The fourth-order valence-corrected chi connectivity index (χ4v) is 3.66. The molecule has 0 spiro atoms. The lowest BCUT2D eigenvalue weighted by atomic mass is 10.0. The van der Waals surface area contributed by atoms with Crippen molar-refractivity contribution in [2.24, 2.45) is 0 Å². The van der Waals surface area contributed by atoms with Gasteiger partial charge in [0.05, 0.1) is 11.4 Å². The Kier molecular flexibility index (Phi) is 6.61. The van der Waals surface area contributed by atoms with Crippen molar-refractivity contribution in [1.82, 2.24) is 25.0 Å². The number of para-hydroxylation sites is 1. The summed E-state index contributed by atoms with van der Waals surface area (Å²) in [5.41, 5.74) is 4.42. The molecule has 3 aromatic rings. The molecule has 142 valence electrons. The first-order chi connectivity index (χ1) is 12.8. The van der Waals surface area contributed by atoms with E-state index in [2.05, 4.69) is 46.6 Å². The molecule has 0 radical (unpaired) electrons. The van der Waals surface area contributed by atoms with Crippen LogP contribution in [0.25, 0.3) is 16.9 Å². The second-order valence-electron chi connectivity index (χ2n) is 6.89. The van der Waals surface area contributed by atoms with Crippen molar-refractivity contribution in [3.05, 3.63) is 66.6 Å². The number of hydrogen-bond acceptors (Lipinski definition) is 4. The van der Waals surface area contributed by atoms with Gasteiger partial charge in [-0.05, 0) is 50.7 Å². The molecule has 1 aliphatic rings. The molecule has 2 aromatic heterocycles. The lowest BCUT2D eigenvalue weighted by Crippen LogP contribution is -2.43. The number of pyridine rings is 1. The van der Waals surface area contributed by atoms with E-state index in [0.29, 0.717) is 6.04 Å². The normalized spacial score (nSPS) is 17.4.